The number of hydrogen-bond acceptors (Lipinski definition) is 4. The van der Waals surface area contributed by atoms with Gasteiger partial charge in [0.2, 0.25) is 0 Å². The minimum atomic E-state index is -0.225. The van der Waals surface area contributed by atoms with E-state index in [9.17, 15) is 9.90 Å². The van der Waals surface area contributed by atoms with E-state index in [1.807, 2.05) is 6.92 Å². The van der Waals surface area contributed by atoms with E-state index in [1.54, 1.807) is 30.3 Å². The Morgan fingerprint density at radius 3 is 2.06 bits per heavy atom. The number of phenolic OH excluding ortho intramolecular Hbond substituents is 1. The number of phenols is 1. The van der Waals surface area contributed by atoms with Crippen LogP contribution in [0.5, 0.6) is 11.5 Å². The van der Waals surface area contributed by atoms with Crippen molar-refractivity contribution in [3.05, 3.63) is 58.7 Å². The molecule has 0 spiro atoms. The number of aromatic hydroxyl groups is 1. The van der Waals surface area contributed by atoms with Crippen LogP contribution in [0.3, 0.4) is 0 Å². The Hall–Kier alpha value is -2.75. The zero-order valence-electron chi connectivity index (χ0n) is 20.0. The average molecular weight is 424 g/mol. The molecule has 0 atom stereocenters. The smallest absolute Gasteiger partial charge is 0.185 e. The van der Waals surface area contributed by atoms with Crippen LogP contribution < -0.4 is 10.5 Å². The van der Waals surface area contributed by atoms with E-state index in [-0.39, 0.29) is 22.4 Å². The quantitative estimate of drug-likeness (QED) is 0.269. The molecule has 0 aliphatic heterocycles. The number of benzene rings is 2. The highest BCUT2D eigenvalue weighted by Crippen LogP contribution is 2.47. The highest BCUT2D eigenvalue weighted by molar-refractivity contribution is 6.07. The number of nitrogen functional groups attached to an aromatic ring is 1. The van der Waals surface area contributed by atoms with Crippen LogP contribution in [0.1, 0.15) is 88.4 Å². The molecule has 0 saturated heterocycles. The Morgan fingerprint density at radius 2 is 1.55 bits per heavy atom. The van der Waals surface area contributed by atoms with Gasteiger partial charge in [-0.05, 0) is 73.1 Å². The maximum atomic E-state index is 12.7. The van der Waals surface area contributed by atoms with Crippen LogP contribution in [0.25, 0.3) is 6.08 Å². The van der Waals surface area contributed by atoms with E-state index in [2.05, 4.69) is 47.6 Å². The fourth-order valence-corrected chi connectivity index (χ4v) is 3.43. The van der Waals surface area contributed by atoms with Crippen LogP contribution >= 0.6 is 0 Å². The first-order valence-corrected chi connectivity index (χ1v) is 11.1. The number of allylic oxidation sites excluding steroid dienone is 1. The van der Waals surface area contributed by atoms with Gasteiger partial charge in [0.05, 0.1) is 12.2 Å². The second-order valence-corrected chi connectivity index (χ2v) is 9.29. The van der Waals surface area contributed by atoms with Crippen molar-refractivity contribution in [1.82, 2.24) is 0 Å². The molecule has 2 aromatic carbocycles. The minimum Gasteiger partial charge on any atom is -0.507 e. The third-order valence-electron chi connectivity index (χ3n) is 6.40. The van der Waals surface area contributed by atoms with Crippen molar-refractivity contribution < 1.29 is 14.6 Å². The van der Waals surface area contributed by atoms with Crippen LogP contribution in [-0.2, 0) is 10.8 Å². The number of rotatable bonds is 9. The third-order valence-corrected chi connectivity index (χ3v) is 6.40. The monoisotopic (exact) mass is 423 g/mol. The van der Waals surface area contributed by atoms with Gasteiger partial charge in [0, 0.05) is 22.4 Å². The summed E-state index contributed by atoms with van der Waals surface area (Å²) >= 11 is 0. The Balaban J connectivity index is 2.72. The molecular formula is C27H37NO3. The Bertz CT molecular complexity index is 953. The molecule has 0 unspecified atom stereocenters. The van der Waals surface area contributed by atoms with Gasteiger partial charge in [-0.25, -0.2) is 0 Å². The Morgan fingerprint density at radius 1 is 1.00 bits per heavy atom. The van der Waals surface area contributed by atoms with E-state index >= 15 is 0 Å². The summed E-state index contributed by atoms with van der Waals surface area (Å²) in [6, 6.07) is 8.90. The first-order valence-electron chi connectivity index (χ1n) is 11.1. The molecule has 4 nitrogen and oxygen atoms in total. The normalized spacial score (nSPS) is 12.4. The van der Waals surface area contributed by atoms with Crippen LogP contribution in [0.4, 0.5) is 5.69 Å². The van der Waals surface area contributed by atoms with Gasteiger partial charge in [0.1, 0.15) is 11.5 Å². The first-order chi connectivity index (χ1) is 14.5. The number of nitrogens with two attached hydrogens (primary N) is 1. The van der Waals surface area contributed by atoms with Gasteiger partial charge in [0.25, 0.3) is 0 Å². The highest BCUT2D eigenvalue weighted by Gasteiger charge is 2.32. The standard InChI is InChI=1S/C27H37NO3/c1-8-26(4,5)21-17-22(27(6,7)9-2)25(31-10-3)20(24(21)30)15-16-23(29)18-11-13-19(28)14-12-18/h11-17,30H,8-10,28H2,1-7H3. The van der Waals surface area contributed by atoms with Crippen LogP contribution in [0.15, 0.2) is 36.4 Å². The van der Waals surface area contributed by atoms with Gasteiger partial charge < -0.3 is 15.6 Å². The Kier molecular flexibility index (Phi) is 7.58. The first kappa shape index (κ1) is 24.5. The molecule has 4 heteroatoms. The van der Waals surface area contributed by atoms with Crippen molar-refractivity contribution >= 4 is 17.5 Å². The molecule has 2 aromatic rings. The number of anilines is 1. The van der Waals surface area contributed by atoms with E-state index in [0.717, 1.165) is 24.0 Å². The third kappa shape index (κ3) is 5.30. The average Bonchev–Trinajstić information content (AvgIpc) is 2.73. The number of ether oxygens (including phenoxy) is 1. The van der Waals surface area contributed by atoms with Crippen LogP contribution in [0.2, 0.25) is 0 Å². The summed E-state index contributed by atoms with van der Waals surface area (Å²) in [5.41, 5.74) is 8.98. The summed E-state index contributed by atoms with van der Waals surface area (Å²) in [5.74, 6) is 0.662. The summed E-state index contributed by atoms with van der Waals surface area (Å²) < 4.78 is 6.05. The minimum absolute atomic E-state index is 0.152. The zero-order valence-corrected chi connectivity index (χ0v) is 20.0. The fourth-order valence-electron chi connectivity index (χ4n) is 3.43. The van der Waals surface area contributed by atoms with Gasteiger partial charge in [-0.1, -0.05) is 41.5 Å². The zero-order chi connectivity index (χ0) is 23.4. The van der Waals surface area contributed by atoms with Gasteiger partial charge >= 0.3 is 0 Å². The van der Waals surface area contributed by atoms with Gasteiger partial charge in [-0.2, -0.15) is 0 Å². The lowest BCUT2D eigenvalue weighted by Gasteiger charge is -2.32. The predicted octanol–water partition coefficient (Wildman–Crippen LogP) is 6.64. The SMILES string of the molecule is CCOc1c(C(C)(C)CC)cc(C(C)(C)CC)c(O)c1C=CC(=O)c1ccc(N)cc1. The van der Waals surface area contributed by atoms with Gasteiger partial charge in [0.15, 0.2) is 5.78 Å². The number of carbonyl (C=O) groups is 1. The largest absolute Gasteiger partial charge is 0.507 e. The molecule has 0 aliphatic carbocycles. The van der Waals surface area contributed by atoms with Crippen molar-refractivity contribution in [1.29, 1.82) is 0 Å². The summed E-state index contributed by atoms with van der Waals surface area (Å²) in [5, 5.41) is 11.3. The summed E-state index contributed by atoms with van der Waals surface area (Å²) in [4.78, 5) is 12.7. The molecule has 0 amide bonds. The lowest BCUT2D eigenvalue weighted by Crippen LogP contribution is -2.22. The molecule has 0 heterocycles. The second-order valence-electron chi connectivity index (χ2n) is 9.29. The molecule has 0 radical (unpaired) electrons. The number of carbonyl (C=O) groups excluding carboxylic acids is 1. The highest BCUT2D eigenvalue weighted by atomic mass is 16.5. The molecule has 0 aliphatic rings. The molecule has 0 fully saturated rings. The second kappa shape index (κ2) is 9.59. The molecule has 168 valence electrons. The fraction of sp³-hybridized carbons (Fsp3) is 0.444. The van der Waals surface area contributed by atoms with Crippen LogP contribution in [0, 0.1) is 0 Å². The molecule has 31 heavy (non-hydrogen) atoms. The van der Waals surface area contributed by atoms with E-state index in [0.29, 0.717) is 29.2 Å². The molecule has 0 bridgehead atoms. The summed E-state index contributed by atoms with van der Waals surface area (Å²) in [6.45, 7) is 15.3. The van der Waals surface area contributed by atoms with Crippen molar-refractivity contribution in [2.75, 3.05) is 12.3 Å². The number of hydrogen-bond donors (Lipinski definition) is 2. The maximum absolute atomic E-state index is 12.7. The summed E-state index contributed by atoms with van der Waals surface area (Å²) in [6.07, 6.45) is 4.96. The molecule has 2 rings (SSSR count). The molecular weight excluding hydrogens is 386 g/mol. The maximum Gasteiger partial charge on any atom is 0.185 e. The van der Waals surface area contributed by atoms with E-state index in [4.69, 9.17) is 10.5 Å². The lowest BCUT2D eigenvalue weighted by atomic mass is 9.74. The van der Waals surface area contributed by atoms with Crippen LogP contribution in [-0.4, -0.2) is 17.5 Å². The lowest BCUT2D eigenvalue weighted by molar-refractivity contribution is 0.104. The topological polar surface area (TPSA) is 72.5 Å². The van der Waals surface area contributed by atoms with Crippen molar-refractivity contribution in [3.63, 3.8) is 0 Å². The number of ketones is 1. The molecule has 0 saturated carbocycles. The van der Waals surface area contributed by atoms with Gasteiger partial charge in [-0.15, -0.1) is 0 Å². The summed E-state index contributed by atoms with van der Waals surface area (Å²) in [7, 11) is 0. The molecule has 3 N–H and O–H groups in total. The van der Waals surface area contributed by atoms with Crippen molar-refractivity contribution in [2.24, 2.45) is 0 Å². The predicted molar refractivity (Wildman–Crippen MR) is 130 cm³/mol. The van der Waals surface area contributed by atoms with E-state index < -0.39 is 0 Å². The van der Waals surface area contributed by atoms with E-state index in [1.165, 1.54) is 6.08 Å². The Labute approximate surface area is 187 Å². The van der Waals surface area contributed by atoms with Crippen molar-refractivity contribution in [3.8, 4) is 11.5 Å². The van der Waals surface area contributed by atoms with Crippen molar-refractivity contribution in [2.45, 2.75) is 72.1 Å². The molecule has 0 aromatic heterocycles. The van der Waals surface area contributed by atoms with Gasteiger partial charge in [-0.3, -0.25) is 4.79 Å².